The van der Waals surface area contributed by atoms with E-state index >= 15 is 0 Å². The van der Waals surface area contributed by atoms with Gasteiger partial charge < -0.3 is 15.2 Å². The van der Waals surface area contributed by atoms with Crippen LogP contribution in [-0.2, 0) is 19.4 Å². The van der Waals surface area contributed by atoms with Gasteiger partial charge in [-0.05, 0) is 44.1 Å². The molecule has 29 heavy (non-hydrogen) atoms. The van der Waals surface area contributed by atoms with Gasteiger partial charge in [0.25, 0.3) is 11.8 Å². The molecule has 2 aliphatic rings. The second-order valence-electron chi connectivity index (χ2n) is 8.14. The van der Waals surface area contributed by atoms with E-state index in [9.17, 15) is 9.59 Å². The Morgan fingerprint density at radius 3 is 2.59 bits per heavy atom. The number of nitrogens with one attached hydrogen (secondary N) is 2. The number of hydrogen-bond donors (Lipinski definition) is 2. The molecule has 0 saturated heterocycles. The van der Waals surface area contributed by atoms with Gasteiger partial charge in [-0.2, -0.15) is 0 Å². The van der Waals surface area contributed by atoms with Crippen LogP contribution in [0.25, 0.3) is 0 Å². The largest absolute Gasteiger partial charge is 0.350 e. The normalized spacial score (nSPS) is 16.8. The van der Waals surface area contributed by atoms with Crippen LogP contribution in [0, 0.1) is 0 Å². The minimum Gasteiger partial charge on any atom is -0.350 e. The second-order valence-corrected chi connectivity index (χ2v) is 8.14. The third-order valence-electron chi connectivity index (χ3n) is 6.02. The monoisotopic (exact) mass is 394 g/mol. The second kappa shape index (κ2) is 9.25. The van der Waals surface area contributed by atoms with Crippen LogP contribution < -0.4 is 10.6 Å². The fourth-order valence-electron chi connectivity index (χ4n) is 4.44. The molecule has 2 N–H and O–H groups in total. The Bertz CT molecular complexity index is 853. The topological polar surface area (TPSA) is 76.0 Å². The molecule has 1 aromatic carbocycles. The standard InChI is InChI=1S/C23H30N4O2/c28-22(24-15-14-17-9-3-1-4-10-17)20-19-13-7-8-16-27(19)21(26-20)23(29)25-18-11-5-2-6-12-18/h1,3-4,9-10,18H,2,5-8,11-16H2,(H,24,28)(H,25,29). The summed E-state index contributed by atoms with van der Waals surface area (Å²) in [6.07, 6.45) is 9.26. The first-order valence-corrected chi connectivity index (χ1v) is 10.9. The molecule has 1 aliphatic heterocycles. The van der Waals surface area contributed by atoms with Crippen LogP contribution in [-0.4, -0.2) is 34.0 Å². The summed E-state index contributed by atoms with van der Waals surface area (Å²) in [6.45, 7) is 1.31. The number of carbonyl (C=O) groups excluding carboxylic acids is 2. The Kier molecular flexibility index (Phi) is 6.27. The van der Waals surface area contributed by atoms with E-state index in [4.69, 9.17) is 0 Å². The van der Waals surface area contributed by atoms with E-state index in [1.54, 1.807) is 0 Å². The van der Waals surface area contributed by atoms with Crippen molar-refractivity contribution in [3.63, 3.8) is 0 Å². The number of amides is 2. The number of carbonyl (C=O) groups is 2. The molecule has 2 aromatic rings. The number of benzene rings is 1. The van der Waals surface area contributed by atoms with Crippen molar-refractivity contribution in [2.45, 2.75) is 70.4 Å². The Balaban J connectivity index is 1.45. The van der Waals surface area contributed by atoms with Gasteiger partial charge in [0.05, 0.1) is 5.69 Å². The minimum absolute atomic E-state index is 0.136. The molecule has 4 rings (SSSR count). The SMILES string of the molecule is O=C(NCCc1ccccc1)c1nc(C(=O)NC2CCCCC2)n2c1CCCC2. The highest BCUT2D eigenvalue weighted by Crippen LogP contribution is 2.22. The van der Waals surface area contributed by atoms with Crippen molar-refractivity contribution in [3.8, 4) is 0 Å². The Morgan fingerprint density at radius 2 is 1.79 bits per heavy atom. The first-order chi connectivity index (χ1) is 14.2. The van der Waals surface area contributed by atoms with Gasteiger partial charge in [-0.3, -0.25) is 9.59 Å². The van der Waals surface area contributed by atoms with E-state index in [0.717, 1.165) is 50.8 Å². The van der Waals surface area contributed by atoms with E-state index < -0.39 is 0 Å². The molecular weight excluding hydrogens is 364 g/mol. The maximum absolute atomic E-state index is 12.9. The molecule has 2 amide bonds. The number of rotatable bonds is 6. The van der Waals surface area contributed by atoms with E-state index in [-0.39, 0.29) is 17.9 Å². The van der Waals surface area contributed by atoms with Crippen molar-refractivity contribution in [2.75, 3.05) is 6.54 Å². The molecule has 6 heteroatoms. The molecule has 0 atom stereocenters. The van der Waals surface area contributed by atoms with Crippen LogP contribution >= 0.6 is 0 Å². The van der Waals surface area contributed by atoms with Gasteiger partial charge in [-0.15, -0.1) is 0 Å². The first kappa shape index (κ1) is 19.7. The molecule has 0 radical (unpaired) electrons. The smallest absolute Gasteiger partial charge is 0.287 e. The number of imidazole rings is 1. The summed E-state index contributed by atoms with van der Waals surface area (Å²) in [5, 5.41) is 6.13. The Morgan fingerprint density at radius 1 is 1.00 bits per heavy atom. The highest BCUT2D eigenvalue weighted by Gasteiger charge is 2.28. The van der Waals surface area contributed by atoms with Gasteiger partial charge in [0.15, 0.2) is 5.82 Å². The molecule has 2 heterocycles. The van der Waals surface area contributed by atoms with Crippen molar-refractivity contribution in [1.29, 1.82) is 0 Å². The van der Waals surface area contributed by atoms with Gasteiger partial charge in [-0.25, -0.2) is 4.98 Å². The minimum atomic E-state index is -0.178. The lowest BCUT2D eigenvalue weighted by Gasteiger charge is -2.23. The van der Waals surface area contributed by atoms with Crippen molar-refractivity contribution < 1.29 is 9.59 Å². The summed E-state index contributed by atoms with van der Waals surface area (Å²) in [6, 6.07) is 10.3. The predicted octanol–water partition coefficient (Wildman–Crippen LogP) is 3.25. The Hall–Kier alpha value is -2.63. The lowest BCUT2D eigenvalue weighted by molar-refractivity contribution is 0.0911. The van der Waals surface area contributed by atoms with Crippen molar-refractivity contribution in [1.82, 2.24) is 20.2 Å². The van der Waals surface area contributed by atoms with Crippen LogP contribution in [0.1, 0.15) is 77.3 Å². The van der Waals surface area contributed by atoms with Gasteiger partial charge in [0.1, 0.15) is 5.69 Å². The third kappa shape index (κ3) is 4.69. The zero-order valence-electron chi connectivity index (χ0n) is 17.0. The molecule has 0 unspecified atom stereocenters. The maximum Gasteiger partial charge on any atom is 0.287 e. The predicted molar refractivity (Wildman–Crippen MR) is 112 cm³/mol. The molecule has 1 saturated carbocycles. The van der Waals surface area contributed by atoms with Crippen LogP contribution in [0.15, 0.2) is 30.3 Å². The number of hydrogen-bond acceptors (Lipinski definition) is 3. The molecule has 1 fully saturated rings. The molecule has 0 spiro atoms. The van der Waals surface area contributed by atoms with Crippen LogP contribution in [0.5, 0.6) is 0 Å². The fraction of sp³-hybridized carbons (Fsp3) is 0.522. The lowest BCUT2D eigenvalue weighted by Crippen LogP contribution is -2.37. The van der Waals surface area contributed by atoms with E-state index in [2.05, 4.69) is 27.8 Å². The van der Waals surface area contributed by atoms with Gasteiger partial charge in [-0.1, -0.05) is 49.6 Å². The van der Waals surface area contributed by atoms with Crippen molar-refractivity contribution in [3.05, 3.63) is 53.1 Å². The number of nitrogens with zero attached hydrogens (tertiary/aromatic N) is 2. The van der Waals surface area contributed by atoms with Gasteiger partial charge in [0, 0.05) is 19.1 Å². The zero-order valence-corrected chi connectivity index (χ0v) is 17.0. The third-order valence-corrected chi connectivity index (χ3v) is 6.02. The van der Waals surface area contributed by atoms with Crippen molar-refractivity contribution >= 4 is 11.8 Å². The van der Waals surface area contributed by atoms with E-state index in [1.807, 2.05) is 22.8 Å². The Labute approximate surface area is 172 Å². The van der Waals surface area contributed by atoms with Crippen LogP contribution in [0.3, 0.4) is 0 Å². The summed E-state index contributed by atoms with van der Waals surface area (Å²) in [5.41, 5.74) is 2.51. The zero-order chi connectivity index (χ0) is 20.1. The molecule has 1 aliphatic carbocycles. The summed E-state index contributed by atoms with van der Waals surface area (Å²) < 4.78 is 1.97. The summed E-state index contributed by atoms with van der Waals surface area (Å²) in [4.78, 5) is 30.2. The first-order valence-electron chi connectivity index (χ1n) is 10.9. The quantitative estimate of drug-likeness (QED) is 0.790. The average Bonchev–Trinajstić information content (AvgIpc) is 3.15. The molecule has 6 nitrogen and oxygen atoms in total. The summed E-state index contributed by atoms with van der Waals surface area (Å²) >= 11 is 0. The van der Waals surface area contributed by atoms with E-state index in [0.29, 0.717) is 18.1 Å². The highest BCUT2D eigenvalue weighted by molar-refractivity contribution is 5.97. The molecule has 0 bridgehead atoms. The molecular formula is C23H30N4O2. The lowest BCUT2D eigenvalue weighted by atomic mass is 9.95. The summed E-state index contributed by atoms with van der Waals surface area (Å²) in [5.74, 6) is 0.0881. The molecule has 154 valence electrons. The van der Waals surface area contributed by atoms with Gasteiger partial charge in [0.2, 0.25) is 0 Å². The maximum atomic E-state index is 12.9. The van der Waals surface area contributed by atoms with E-state index in [1.165, 1.54) is 24.8 Å². The van der Waals surface area contributed by atoms with Crippen molar-refractivity contribution in [2.24, 2.45) is 0 Å². The fourth-order valence-corrected chi connectivity index (χ4v) is 4.44. The average molecular weight is 395 g/mol. The van der Waals surface area contributed by atoms with Crippen LogP contribution in [0.4, 0.5) is 0 Å². The summed E-state index contributed by atoms with van der Waals surface area (Å²) in [7, 11) is 0. The van der Waals surface area contributed by atoms with Crippen LogP contribution in [0.2, 0.25) is 0 Å². The highest BCUT2D eigenvalue weighted by atomic mass is 16.2. The van der Waals surface area contributed by atoms with Gasteiger partial charge >= 0.3 is 0 Å². The number of aromatic nitrogens is 2. The number of fused-ring (bicyclic) bond motifs is 1. The molecule has 1 aromatic heterocycles.